The lowest BCUT2D eigenvalue weighted by atomic mass is 10.3. The molecule has 0 rings (SSSR count). The number of nitrogens with one attached hydrogen (secondary N) is 1. The van der Waals surface area contributed by atoms with Gasteiger partial charge in [-0.3, -0.25) is 9.99 Å². The van der Waals surface area contributed by atoms with Gasteiger partial charge < -0.3 is 9.05 Å². The SMILES string of the molecule is CCC/C=N/NC(CCC)P(=O)(OCCC)OCCC. The molecular formula is C14H31N2O3P. The minimum atomic E-state index is -3.15. The Hall–Kier alpha value is -0.380. The van der Waals surface area contributed by atoms with Gasteiger partial charge in [0.05, 0.1) is 13.2 Å². The van der Waals surface area contributed by atoms with Crippen LogP contribution < -0.4 is 5.43 Å². The smallest absolute Gasteiger partial charge is 0.307 e. The number of nitrogens with zero attached hydrogens (tertiary/aromatic N) is 1. The van der Waals surface area contributed by atoms with Crippen molar-refractivity contribution in [1.29, 1.82) is 0 Å². The number of rotatable bonds is 13. The Morgan fingerprint density at radius 2 is 1.65 bits per heavy atom. The molecule has 0 saturated heterocycles. The topological polar surface area (TPSA) is 59.9 Å². The van der Waals surface area contributed by atoms with Crippen LogP contribution in [-0.4, -0.2) is 25.2 Å². The standard InChI is InChI=1S/C14H31N2O3P/c1-5-9-11-15-16-14(10-6-2)20(17,18-12-7-3)19-13-8-4/h11,14,16H,5-10,12-13H2,1-4H3/b15-11+. The predicted octanol–water partition coefficient (Wildman–Crippen LogP) is 4.53. The fraction of sp³-hybridized carbons (Fsp3) is 0.929. The highest BCUT2D eigenvalue weighted by molar-refractivity contribution is 7.54. The molecule has 0 aromatic rings. The van der Waals surface area contributed by atoms with E-state index in [-0.39, 0.29) is 5.78 Å². The second-order valence-corrected chi connectivity index (χ2v) is 6.96. The normalized spacial score (nSPS) is 13.8. The highest BCUT2D eigenvalue weighted by Gasteiger charge is 2.35. The number of hydrazone groups is 1. The van der Waals surface area contributed by atoms with E-state index in [4.69, 9.17) is 9.05 Å². The first-order valence-corrected chi connectivity index (χ1v) is 9.41. The van der Waals surface area contributed by atoms with E-state index in [1.807, 2.05) is 20.1 Å². The van der Waals surface area contributed by atoms with Crippen LogP contribution in [-0.2, 0) is 13.6 Å². The third kappa shape index (κ3) is 8.03. The molecule has 0 radical (unpaired) electrons. The van der Waals surface area contributed by atoms with E-state index >= 15 is 0 Å². The number of unbranched alkanes of at least 4 members (excludes halogenated alkanes) is 1. The van der Waals surface area contributed by atoms with Gasteiger partial charge in [0.1, 0.15) is 5.78 Å². The Kier molecular flexibility index (Phi) is 12.1. The van der Waals surface area contributed by atoms with E-state index in [1.54, 1.807) is 0 Å². The van der Waals surface area contributed by atoms with Crippen molar-refractivity contribution in [2.24, 2.45) is 5.10 Å². The minimum absolute atomic E-state index is 0.362. The lowest BCUT2D eigenvalue weighted by Crippen LogP contribution is -2.27. The summed E-state index contributed by atoms with van der Waals surface area (Å²) in [5.74, 6) is -0.362. The molecule has 0 heterocycles. The van der Waals surface area contributed by atoms with Crippen molar-refractivity contribution < 1.29 is 13.6 Å². The summed E-state index contributed by atoms with van der Waals surface area (Å²) >= 11 is 0. The molecule has 0 aromatic carbocycles. The van der Waals surface area contributed by atoms with E-state index in [0.29, 0.717) is 19.6 Å². The molecule has 0 spiro atoms. The summed E-state index contributed by atoms with van der Waals surface area (Å²) in [7, 11) is -3.15. The van der Waals surface area contributed by atoms with Crippen molar-refractivity contribution in [2.75, 3.05) is 13.2 Å². The molecule has 6 heteroatoms. The summed E-state index contributed by atoms with van der Waals surface area (Å²) in [4.78, 5) is 0. The maximum absolute atomic E-state index is 12.9. The molecule has 1 N–H and O–H groups in total. The van der Waals surface area contributed by atoms with Crippen LogP contribution >= 0.6 is 7.60 Å². The average molecular weight is 306 g/mol. The Morgan fingerprint density at radius 1 is 1.05 bits per heavy atom. The molecule has 0 aromatic heterocycles. The molecule has 1 unspecified atom stereocenters. The van der Waals surface area contributed by atoms with Gasteiger partial charge in [-0.25, -0.2) is 0 Å². The van der Waals surface area contributed by atoms with Crippen molar-refractivity contribution in [3.05, 3.63) is 0 Å². The lowest BCUT2D eigenvalue weighted by molar-refractivity contribution is 0.191. The minimum Gasteiger partial charge on any atom is -0.307 e. The zero-order chi connectivity index (χ0) is 15.3. The molecule has 0 aliphatic heterocycles. The molecule has 0 saturated carbocycles. The lowest BCUT2D eigenvalue weighted by Gasteiger charge is -2.26. The fourth-order valence-electron chi connectivity index (χ4n) is 1.55. The van der Waals surface area contributed by atoms with Gasteiger partial charge in [-0.05, 0) is 25.7 Å². The Morgan fingerprint density at radius 3 is 2.10 bits per heavy atom. The van der Waals surface area contributed by atoms with Gasteiger partial charge in [0.2, 0.25) is 0 Å². The predicted molar refractivity (Wildman–Crippen MR) is 85.3 cm³/mol. The Labute approximate surface area is 124 Å². The number of hydrogen-bond acceptors (Lipinski definition) is 5. The Bertz CT molecular complexity index is 286. The highest BCUT2D eigenvalue weighted by atomic mass is 31.2. The molecule has 0 bridgehead atoms. The van der Waals surface area contributed by atoms with Crippen LogP contribution in [0.1, 0.15) is 66.2 Å². The second kappa shape index (κ2) is 12.4. The summed E-state index contributed by atoms with van der Waals surface area (Å²) < 4.78 is 24.0. The Balaban J connectivity index is 4.75. The third-order valence-corrected chi connectivity index (χ3v) is 4.85. The van der Waals surface area contributed by atoms with Crippen molar-refractivity contribution in [1.82, 2.24) is 5.43 Å². The average Bonchev–Trinajstić information content (AvgIpc) is 2.46. The first-order chi connectivity index (χ1) is 9.64. The molecule has 0 amide bonds. The zero-order valence-electron chi connectivity index (χ0n) is 13.4. The third-order valence-electron chi connectivity index (χ3n) is 2.63. The molecule has 20 heavy (non-hydrogen) atoms. The molecule has 0 aliphatic carbocycles. The van der Waals surface area contributed by atoms with Crippen LogP contribution in [0.15, 0.2) is 5.10 Å². The van der Waals surface area contributed by atoms with Crippen molar-refractivity contribution in [2.45, 2.75) is 72.0 Å². The zero-order valence-corrected chi connectivity index (χ0v) is 14.3. The monoisotopic (exact) mass is 306 g/mol. The van der Waals surface area contributed by atoms with Crippen LogP contribution in [0.2, 0.25) is 0 Å². The maximum atomic E-state index is 12.9. The van der Waals surface area contributed by atoms with E-state index in [1.165, 1.54) is 0 Å². The van der Waals surface area contributed by atoms with Gasteiger partial charge in [-0.2, -0.15) is 5.10 Å². The van der Waals surface area contributed by atoms with Crippen molar-refractivity contribution >= 4 is 13.8 Å². The van der Waals surface area contributed by atoms with Crippen molar-refractivity contribution in [3.63, 3.8) is 0 Å². The van der Waals surface area contributed by atoms with Gasteiger partial charge in [-0.1, -0.05) is 40.5 Å². The molecular weight excluding hydrogens is 275 g/mol. The van der Waals surface area contributed by atoms with Gasteiger partial charge >= 0.3 is 7.60 Å². The first kappa shape index (κ1) is 19.6. The summed E-state index contributed by atoms with van der Waals surface area (Å²) in [5, 5.41) is 4.16. The van der Waals surface area contributed by atoms with Crippen LogP contribution in [0.5, 0.6) is 0 Å². The van der Waals surface area contributed by atoms with Gasteiger partial charge in [0.25, 0.3) is 0 Å². The molecule has 0 aliphatic rings. The molecule has 1 atom stereocenters. The highest BCUT2D eigenvalue weighted by Crippen LogP contribution is 2.53. The van der Waals surface area contributed by atoms with Crippen LogP contribution in [0.4, 0.5) is 0 Å². The molecule has 120 valence electrons. The van der Waals surface area contributed by atoms with Gasteiger partial charge in [0.15, 0.2) is 0 Å². The van der Waals surface area contributed by atoms with E-state index in [0.717, 1.165) is 32.1 Å². The second-order valence-electron chi connectivity index (χ2n) is 4.74. The maximum Gasteiger partial charge on any atom is 0.354 e. The summed E-state index contributed by atoms with van der Waals surface area (Å²) in [5.41, 5.74) is 2.97. The summed E-state index contributed by atoms with van der Waals surface area (Å²) in [6, 6.07) is 0. The van der Waals surface area contributed by atoms with Gasteiger partial charge in [0, 0.05) is 6.21 Å². The van der Waals surface area contributed by atoms with Crippen LogP contribution in [0.3, 0.4) is 0 Å². The molecule has 0 fully saturated rings. The quantitative estimate of drug-likeness (QED) is 0.308. The van der Waals surface area contributed by atoms with Crippen LogP contribution in [0.25, 0.3) is 0 Å². The van der Waals surface area contributed by atoms with E-state index in [2.05, 4.69) is 24.4 Å². The van der Waals surface area contributed by atoms with E-state index < -0.39 is 7.60 Å². The van der Waals surface area contributed by atoms with Crippen molar-refractivity contribution in [3.8, 4) is 0 Å². The summed E-state index contributed by atoms with van der Waals surface area (Å²) in [6.07, 6.45) is 7.01. The van der Waals surface area contributed by atoms with E-state index in [9.17, 15) is 4.57 Å². The molecule has 5 nitrogen and oxygen atoms in total. The fourth-order valence-corrected chi connectivity index (χ4v) is 3.64. The number of hydrogen-bond donors (Lipinski definition) is 1. The largest absolute Gasteiger partial charge is 0.354 e. The van der Waals surface area contributed by atoms with Gasteiger partial charge in [-0.15, -0.1) is 0 Å². The van der Waals surface area contributed by atoms with Crippen LogP contribution in [0, 0.1) is 0 Å². The first-order valence-electron chi connectivity index (χ1n) is 7.80. The summed E-state index contributed by atoms with van der Waals surface area (Å²) in [6.45, 7) is 9.02.